The fourth-order valence-electron chi connectivity index (χ4n) is 2.80. The van der Waals surface area contributed by atoms with E-state index in [4.69, 9.17) is 0 Å². The smallest absolute Gasteiger partial charge is 0.244 e. The van der Waals surface area contributed by atoms with Crippen LogP contribution >= 0.6 is 0 Å². The Balaban J connectivity index is 2.85. The van der Waals surface area contributed by atoms with Crippen LogP contribution in [0, 0.1) is 11.8 Å². The molecule has 1 aliphatic heterocycles. The monoisotopic (exact) mass is 268 g/mol. The van der Waals surface area contributed by atoms with Crippen LogP contribution in [0.3, 0.4) is 0 Å². The second-order valence-corrected chi connectivity index (χ2v) is 7.05. The van der Waals surface area contributed by atoms with E-state index in [1.54, 1.807) is 0 Å². The number of hydrogen-bond acceptors (Lipinski definition) is 2. The number of amides is 1. The van der Waals surface area contributed by atoms with E-state index in [-0.39, 0.29) is 17.6 Å². The predicted octanol–water partition coefficient (Wildman–Crippen LogP) is 3.39. The normalized spacial score (nSPS) is 29.6. The summed E-state index contributed by atoms with van der Waals surface area (Å²) in [7, 11) is 0. The number of nitrogens with zero attached hydrogens (tertiary/aromatic N) is 1. The zero-order valence-corrected chi connectivity index (χ0v) is 13.8. The molecular formula is C16H32N2O. The minimum atomic E-state index is -0.374. The number of nitrogens with one attached hydrogen (secondary N) is 1. The standard InChI is InChI=1S/C16H32N2O/c1-8-16(7)15(19)18(14(17-16)12(4)5)13(6)10-9-11(2)3/h11-14,17H,8-10H2,1-7H3. The summed E-state index contributed by atoms with van der Waals surface area (Å²) in [5, 5.41) is 3.56. The highest BCUT2D eigenvalue weighted by molar-refractivity contribution is 5.88. The largest absolute Gasteiger partial charge is 0.323 e. The third kappa shape index (κ3) is 3.50. The van der Waals surface area contributed by atoms with Crippen molar-refractivity contribution in [2.45, 2.75) is 85.5 Å². The zero-order valence-electron chi connectivity index (χ0n) is 13.8. The molecule has 1 fully saturated rings. The lowest BCUT2D eigenvalue weighted by Crippen LogP contribution is -2.46. The molecule has 3 heteroatoms. The van der Waals surface area contributed by atoms with Crippen molar-refractivity contribution in [3.8, 4) is 0 Å². The van der Waals surface area contributed by atoms with Crippen LogP contribution < -0.4 is 5.32 Å². The van der Waals surface area contributed by atoms with Gasteiger partial charge in [0.1, 0.15) is 0 Å². The molecule has 3 atom stereocenters. The van der Waals surface area contributed by atoms with E-state index in [1.165, 1.54) is 6.42 Å². The van der Waals surface area contributed by atoms with E-state index in [9.17, 15) is 4.79 Å². The number of hydrogen-bond donors (Lipinski definition) is 1. The van der Waals surface area contributed by atoms with Gasteiger partial charge in [-0.15, -0.1) is 0 Å². The maximum absolute atomic E-state index is 12.7. The van der Waals surface area contributed by atoms with Crippen molar-refractivity contribution in [2.75, 3.05) is 0 Å². The average Bonchev–Trinajstić information content (AvgIpc) is 2.60. The molecule has 0 aromatic rings. The molecule has 0 saturated carbocycles. The SMILES string of the molecule is CCC1(C)NC(C(C)C)N(C(C)CCC(C)C)C1=O. The molecule has 19 heavy (non-hydrogen) atoms. The summed E-state index contributed by atoms with van der Waals surface area (Å²) in [5.41, 5.74) is -0.374. The number of carbonyl (C=O) groups is 1. The molecule has 3 nitrogen and oxygen atoms in total. The van der Waals surface area contributed by atoms with Crippen molar-refractivity contribution in [3.05, 3.63) is 0 Å². The van der Waals surface area contributed by atoms with Gasteiger partial charge < -0.3 is 4.90 Å². The molecule has 1 amide bonds. The van der Waals surface area contributed by atoms with Gasteiger partial charge in [0.05, 0.1) is 11.7 Å². The minimum Gasteiger partial charge on any atom is -0.323 e. The van der Waals surface area contributed by atoms with Gasteiger partial charge in [0.15, 0.2) is 0 Å². The molecule has 0 aromatic heterocycles. The summed E-state index contributed by atoms with van der Waals surface area (Å²) in [6, 6.07) is 0.322. The molecule has 1 heterocycles. The Morgan fingerprint density at radius 2 is 1.79 bits per heavy atom. The van der Waals surface area contributed by atoms with Crippen LogP contribution in [0.4, 0.5) is 0 Å². The fraction of sp³-hybridized carbons (Fsp3) is 0.938. The zero-order chi connectivity index (χ0) is 14.8. The fourth-order valence-corrected chi connectivity index (χ4v) is 2.80. The van der Waals surface area contributed by atoms with E-state index in [2.05, 4.69) is 51.8 Å². The Hall–Kier alpha value is -0.570. The topological polar surface area (TPSA) is 32.3 Å². The van der Waals surface area contributed by atoms with Crippen molar-refractivity contribution >= 4 is 5.91 Å². The van der Waals surface area contributed by atoms with Crippen molar-refractivity contribution in [1.29, 1.82) is 0 Å². The molecule has 112 valence electrons. The third-order valence-corrected chi connectivity index (χ3v) is 4.45. The lowest BCUT2D eigenvalue weighted by molar-refractivity contribution is -0.135. The van der Waals surface area contributed by atoms with Crippen molar-refractivity contribution in [1.82, 2.24) is 10.2 Å². The van der Waals surface area contributed by atoms with E-state index in [1.807, 2.05) is 6.92 Å². The summed E-state index contributed by atoms with van der Waals surface area (Å²) in [4.78, 5) is 14.8. The van der Waals surface area contributed by atoms with Crippen LogP contribution in [-0.4, -0.2) is 28.6 Å². The van der Waals surface area contributed by atoms with Gasteiger partial charge in [-0.1, -0.05) is 34.6 Å². The Morgan fingerprint density at radius 1 is 1.21 bits per heavy atom. The first-order valence-electron chi connectivity index (χ1n) is 7.83. The van der Waals surface area contributed by atoms with Crippen LogP contribution in [0.2, 0.25) is 0 Å². The second-order valence-electron chi connectivity index (χ2n) is 7.05. The summed E-state index contributed by atoms with van der Waals surface area (Å²) in [5.74, 6) is 1.42. The maximum Gasteiger partial charge on any atom is 0.244 e. The van der Waals surface area contributed by atoms with Gasteiger partial charge >= 0.3 is 0 Å². The van der Waals surface area contributed by atoms with Crippen LogP contribution in [-0.2, 0) is 4.79 Å². The third-order valence-electron chi connectivity index (χ3n) is 4.45. The van der Waals surface area contributed by atoms with Gasteiger partial charge in [0.2, 0.25) is 5.91 Å². The summed E-state index contributed by atoms with van der Waals surface area (Å²) >= 11 is 0. The van der Waals surface area contributed by atoms with E-state index < -0.39 is 0 Å². The summed E-state index contributed by atoms with van der Waals surface area (Å²) < 4.78 is 0. The van der Waals surface area contributed by atoms with Crippen LogP contribution in [0.25, 0.3) is 0 Å². The average molecular weight is 268 g/mol. The van der Waals surface area contributed by atoms with E-state index in [0.29, 0.717) is 17.9 Å². The Bertz CT molecular complexity index is 314. The first-order chi connectivity index (χ1) is 8.73. The lowest BCUT2D eigenvalue weighted by atomic mass is 9.98. The van der Waals surface area contributed by atoms with Gasteiger partial charge in [0.25, 0.3) is 0 Å². The van der Waals surface area contributed by atoms with Crippen molar-refractivity contribution in [3.63, 3.8) is 0 Å². The quantitative estimate of drug-likeness (QED) is 0.801. The summed E-state index contributed by atoms with van der Waals surface area (Å²) in [6.45, 7) is 15.2. The predicted molar refractivity (Wildman–Crippen MR) is 80.8 cm³/mol. The Morgan fingerprint density at radius 3 is 2.21 bits per heavy atom. The van der Waals surface area contributed by atoms with Gasteiger partial charge in [-0.3, -0.25) is 10.1 Å². The lowest BCUT2D eigenvalue weighted by Gasteiger charge is -2.33. The van der Waals surface area contributed by atoms with Gasteiger partial charge in [0, 0.05) is 6.04 Å². The maximum atomic E-state index is 12.7. The van der Waals surface area contributed by atoms with Crippen molar-refractivity contribution in [2.24, 2.45) is 11.8 Å². The highest BCUT2D eigenvalue weighted by Crippen LogP contribution is 2.30. The Kier molecular flexibility index (Phi) is 5.43. The number of rotatable bonds is 6. The molecule has 0 spiro atoms. The summed E-state index contributed by atoms with van der Waals surface area (Å²) in [6.07, 6.45) is 3.30. The molecule has 1 aliphatic rings. The Labute approximate surface area is 119 Å². The molecule has 0 aromatic carbocycles. The highest BCUT2D eigenvalue weighted by Gasteiger charge is 2.48. The van der Waals surface area contributed by atoms with Crippen LogP contribution in [0.5, 0.6) is 0 Å². The molecule has 3 unspecified atom stereocenters. The number of carbonyl (C=O) groups excluding carboxylic acids is 1. The minimum absolute atomic E-state index is 0.180. The highest BCUT2D eigenvalue weighted by atomic mass is 16.2. The van der Waals surface area contributed by atoms with Gasteiger partial charge in [-0.25, -0.2) is 0 Å². The molecule has 0 bridgehead atoms. The van der Waals surface area contributed by atoms with Crippen LogP contribution in [0.15, 0.2) is 0 Å². The second kappa shape index (κ2) is 6.25. The van der Waals surface area contributed by atoms with Crippen LogP contribution in [0.1, 0.15) is 67.7 Å². The molecule has 1 rings (SSSR count). The van der Waals surface area contributed by atoms with E-state index in [0.717, 1.165) is 12.8 Å². The molecule has 1 saturated heterocycles. The first kappa shape index (κ1) is 16.5. The molecule has 0 radical (unpaired) electrons. The first-order valence-corrected chi connectivity index (χ1v) is 7.83. The molecule has 0 aliphatic carbocycles. The van der Waals surface area contributed by atoms with Crippen molar-refractivity contribution < 1.29 is 4.79 Å². The van der Waals surface area contributed by atoms with Gasteiger partial charge in [-0.05, 0) is 44.9 Å². The van der Waals surface area contributed by atoms with E-state index >= 15 is 0 Å². The molecular weight excluding hydrogens is 236 g/mol. The van der Waals surface area contributed by atoms with Gasteiger partial charge in [-0.2, -0.15) is 0 Å². The molecule has 1 N–H and O–H groups in total.